The molecule has 0 saturated carbocycles. The number of imide groups is 1. The zero-order valence-electron chi connectivity index (χ0n) is 19.7. The molecule has 1 fully saturated rings. The molecule has 12 heteroatoms. The highest BCUT2D eigenvalue weighted by Crippen LogP contribution is 2.30. The number of ketones is 2. The van der Waals surface area contributed by atoms with Gasteiger partial charge in [0.2, 0.25) is 11.8 Å². The molecule has 2 atom stereocenters. The number of nitrogens with zero attached hydrogens (tertiary/aromatic N) is 2. The molecule has 0 aromatic heterocycles. The van der Waals surface area contributed by atoms with Crippen LogP contribution >= 0.6 is 0 Å². The standard InChI is InChI=1S/C25H25N5O7/c26-11-19(32)29-10-4-9-18(29)23(35)28-17(12-31)25(37)30(27)24(36)16-8-3-7-15-20(16)22(34)14-6-2-1-5-13(14)21(15)33/h1-3,5-8,17-18,31H,4,9-12,26-27H2,(H,28,35)/t17-,18-/m0/s1. The Bertz CT molecular complexity index is 1320. The maximum absolute atomic E-state index is 13.2. The molecule has 2 aromatic carbocycles. The number of fused-ring (bicyclic) bond motifs is 2. The number of aliphatic hydroxyl groups excluding tert-OH is 1. The highest BCUT2D eigenvalue weighted by Gasteiger charge is 2.38. The third kappa shape index (κ3) is 4.53. The number of hydrogen-bond acceptors (Lipinski definition) is 9. The van der Waals surface area contributed by atoms with E-state index in [1.807, 2.05) is 0 Å². The summed E-state index contributed by atoms with van der Waals surface area (Å²) in [7, 11) is 0. The smallest absolute Gasteiger partial charge is 0.275 e. The maximum atomic E-state index is 13.2. The SMILES string of the molecule is NCC(=O)N1CCC[C@H]1C(=O)N[C@@H](CO)C(=O)N(N)C(=O)c1cccc2c1C(=O)c1ccccc1C2=O. The molecule has 192 valence electrons. The van der Waals surface area contributed by atoms with Gasteiger partial charge in [0, 0.05) is 28.8 Å². The third-order valence-corrected chi connectivity index (χ3v) is 6.49. The minimum Gasteiger partial charge on any atom is -0.394 e. The number of aliphatic hydroxyl groups is 1. The Balaban J connectivity index is 1.56. The number of carbonyl (C=O) groups excluding carboxylic acids is 6. The number of benzene rings is 2. The van der Waals surface area contributed by atoms with Crippen LogP contribution in [0.15, 0.2) is 42.5 Å². The second kappa shape index (κ2) is 10.4. The molecule has 37 heavy (non-hydrogen) atoms. The number of carbonyl (C=O) groups is 6. The van der Waals surface area contributed by atoms with Crippen LogP contribution in [0.4, 0.5) is 0 Å². The molecular formula is C25H25N5O7. The number of amides is 4. The first-order chi connectivity index (χ1) is 17.7. The molecule has 0 unspecified atom stereocenters. The molecule has 1 saturated heterocycles. The van der Waals surface area contributed by atoms with Crippen LogP contribution in [-0.2, 0) is 14.4 Å². The van der Waals surface area contributed by atoms with Crippen LogP contribution in [0.25, 0.3) is 0 Å². The third-order valence-electron chi connectivity index (χ3n) is 6.49. The number of rotatable bonds is 6. The fourth-order valence-electron chi connectivity index (χ4n) is 4.63. The minimum atomic E-state index is -1.60. The van der Waals surface area contributed by atoms with Gasteiger partial charge in [-0.1, -0.05) is 36.4 Å². The fraction of sp³-hybridized carbons (Fsp3) is 0.280. The van der Waals surface area contributed by atoms with E-state index in [1.165, 1.54) is 35.2 Å². The number of nitrogens with two attached hydrogens (primary N) is 2. The first kappa shape index (κ1) is 25.8. The quantitative estimate of drug-likeness (QED) is 0.179. The van der Waals surface area contributed by atoms with Crippen molar-refractivity contribution in [2.75, 3.05) is 19.7 Å². The molecule has 6 N–H and O–H groups in total. The highest BCUT2D eigenvalue weighted by molar-refractivity contribution is 6.31. The van der Waals surface area contributed by atoms with Crippen molar-refractivity contribution in [2.45, 2.75) is 24.9 Å². The average Bonchev–Trinajstić information content (AvgIpc) is 3.43. The van der Waals surface area contributed by atoms with Gasteiger partial charge in [-0.25, -0.2) is 10.9 Å². The Morgan fingerprint density at radius 3 is 2.32 bits per heavy atom. The van der Waals surface area contributed by atoms with E-state index in [-0.39, 0.29) is 39.4 Å². The van der Waals surface area contributed by atoms with Crippen LogP contribution in [0.1, 0.15) is 55.0 Å². The van der Waals surface area contributed by atoms with Crippen molar-refractivity contribution < 1.29 is 33.9 Å². The van der Waals surface area contributed by atoms with E-state index in [0.29, 0.717) is 19.4 Å². The van der Waals surface area contributed by atoms with Gasteiger partial charge in [-0.2, -0.15) is 0 Å². The lowest BCUT2D eigenvalue weighted by atomic mass is 9.81. The van der Waals surface area contributed by atoms with Crippen LogP contribution in [0.3, 0.4) is 0 Å². The Labute approximate surface area is 211 Å². The van der Waals surface area contributed by atoms with E-state index in [2.05, 4.69) is 5.32 Å². The van der Waals surface area contributed by atoms with Crippen molar-refractivity contribution >= 4 is 35.2 Å². The minimum absolute atomic E-state index is 0.00620. The van der Waals surface area contributed by atoms with Crippen molar-refractivity contribution in [3.8, 4) is 0 Å². The van der Waals surface area contributed by atoms with E-state index < -0.39 is 53.9 Å². The molecule has 1 heterocycles. The van der Waals surface area contributed by atoms with Gasteiger partial charge in [-0.15, -0.1) is 0 Å². The molecular weight excluding hydrogens is 482 g/mol. The predicted octanol–water partition coefficient (Wildman–Crippen LogP) is -1.27. The van der Waals surface area contributed by atoms with Gasteiger partial charge >= 0.3 is 0 Å². The summed E-state index contributed by atoms with van der Waals surface area (Å²) < 4.78 is 0. The lowest BCUT2D eigenvalue weighted by Gasteiger charge is -2.27. The number of likely N-dealkylation sites (tertiary alicyclic amines) is 1. The monoisotopic (exact) mass is 507 g/mol. The van der Waals surface area contributed by atoms with Gasteiger partial charge in [-0.05, 0) is 18.9 Å². The van der Waals surface area contributed by atoms with Crippen molar-refractivity contribution in [2.24, 2.45) is 11.6 Å². The average molecular weight is 508 g/mol. The predicted molar refractivity (Wildman–Crippen MR) is 128 cm³/mol. The van der Waals surface area contributed by atoms with Gasteiger partial charge in [0.15, 0.2) is 11.6 Å². The molecule has 4 rings (SSSR count). The molecule has 2 aliphatic rings. The summed E-state index contributed by atoms with van der Waals surface area (Å²) in [6.07, 6.45) is 0.890. The molecule has 0 radical (unpaired) electrons. The summed E-state index contributed by atoms with van der Waals surface area (Å²) in [5.74, 6) is 1.37. The van der Waals surface area contributed by atoms with Gasteiger partial charge in [0.05, 0.1) is 18.7 Å². The normalized spacial score (nSPS) is 17.1. The van der Waals surface area contributed by atoms with Gasteiger partial charge < -0.3 is 21.1 Å². The second-order valence-electron chi connectivity index (χ2n) is 8.64. The van der Waals surface area contributed by atoms with Crippen molar-refractivity contribution in [3.05, 3.63) is 70.3 Å². The highest BCUT2D eigenvalue weighted by atomic mass is 16.3. The summed E-state index contributed by atoms with van der Waals surface area (Å²) >= 11 is 0. The lowest BCUT2D eigenvalue weighted by molar-refractivity contribution is -0.140. The maximum Gasteiger partial charge on any atom is 0.275 e. The van der Waals surface area contributed by atoms with Gasteiger partial charge in [-0.3, -0.25) is 28.8 Å². The topological polar surface area (TPSA) is 193 Å². The second-order valence-corrected chi connectivity index (χ2v) is 8.64. The Morgan fingerprint density at radius 1 is 1.03 bits per heavy atom. The molecule has 12 nitrogen and oxygen atoms in total. The van der Waals surface area contributed by atoms with E-state index in [4.69, 9.17) is 11.6 Å². The molecule has 0 spiro atoms. The zero-order chi connectivity index (χ0) is 26.9. The first-order valence-electron chi connectivity index (χ1n) is 11.6. The molecule has 2 aromatic rings. The largest absolute Gasteiger partial charge is 0.394 e. The van der Waals surface area contributed by atoms with E-state index in [1.54, 1.807) is 12.1 Å². The van der Waals surface area contributed by atoms with E-state index in [0.717, 1.165) is 0 Å². The Morgan fingerprint density at radius 2 is 1.68 bits per heavy atom. The molecule has 0 bridgehead atoms. The fourth-order valence-corrected chi connectivity index (χ4v) is 4.63. The first-order valence-corrected chi connectivity index (χ1v) is 11.6. The van der Waals surface area contributed by atoms with Crippen LogP contribution in [0.2, 0.25) is 0 Å². The van der Waals surface area contributed by atoms with Crippen LogP contribution in [-0.4, -0.2) is 82.0 Å². The van der Waals surface area contributed by atoms with E-state index >= 15 is 0 Å². The van der Waals surface area contributed by atoms with Gasteiger partial charge in [0.25, 0.3) is 11.8 Å². The van der Waals surface area contributed by atoms with E-state index in [9.17, 15) is 33.9 Å². The Hall–Kier alpha value is -4.26. The summed E-state index contributed by atoms with van der Waals surface area (Å²) in [6, 6.07) is 7.73. The molecule has 1 aliphatic carbocycles. The molecule has 4 amide bonds. The van der Waals surface area contributed by atoms with Crippen LogP contribution < -0.4 is 16.9 Å². The van der Waals surface area contributed by atoms with Crippen molar-refractivity contribution in [3.63, 3.8) is 0 Å². The van der Waals surface area contributed by atoms with Crippen LogP contribution in [0.5, 0.6) is 0 Å². The van der Waals surface area contributed by atoms with Crippen molar-refractivity contribution in [1.29, 1.82) is 0 Å². The summed E-state index contributed by atoms with van der Waals surface area (Å²) in [6.45, 7) is -0.854. The zero-order valence-corrected chi connectivity index (χ0v) is 19.7. The van der Waals surface area contributed by atoms with Crippen LogP contribution in [0, 0.1) is 0 Å². The Kier molecular flexibility index (Phi) is 7.25. The lowest BCUT2D eigenvalue weighted by Crippen LogP contribution is -2.58. The summed E-state index contributed by atoms with van der Waals surface area (Å²) in [5, 5.41) is 12.3. The summed E-state index contributed by atoms with van der Waals surface area (Å²) in [5.41, 5.74) is 5.23. The molecule has 1 aliphatic heterocycles. The number of hydrogen-bond donors (Lipinski definition) is 4. The summed E-state index contributed by atoms with van der Waals surface area (Å²) in [4.78, 5) is 78.4. The van der Waals surface area contributed by atoms with Gasteiger partial charge in [0.1, 0.15) is 12.1 Å². The van der Waals surface area contributed by atoms with Crippen molar-refractivity contribution in [1.82, 2.24) is 15.2 Å². The number of hydrazine groups is 1. The number of nitrogens with one attached hydrogen (secondary N) is 1.